The van der Waals surface area contributed by atoms with Gasteiger partial charge in [0.25, 0.3) is 0 Å². The maximum absolute atomic E-state index is 4.76. The molecule has 6 nitrogen and oxygen atoms in total. The fourth-order valence-corrected chi connectivity index (χ4v) is 4.51. The number of rotatable bonds is 4. The monoisotopic (exact) mass is 637 g/mol. The average molecular weight is 638 g/mol. The van der Waals surface area contributed by atoms with Crippen LogP contribution in [-0.2, 0) is 27.6 Å². The average Bonchev–Trinajstić information content (AvgIpc) is 3.05. The van der Waals surface area contributed by atoms with Gasteiger partial charge in [0, 0.05) is 24.8 Å². The largest absolute Gasteiger partial charge is 3.00 e. The summed E-state index contributed by atoms with van der Waals surface area (Å²) in [6, 6.07) is 32.0. The summed E-state index contributed by atoms with van der Waals surface area (Å²) < 4.78 is 0. The van der Waals surface area contributed by atoms with Crippen molar-refractivity contribution in [1.29, 1.82) is 0 Å². The Balaban J connectivity index is 0.000000200. The number of aromatic nitrogens is 6. The number of hydrogen-bond acceptors (Lipinski definition) is 6. The van der Waals surface area contributed by atoms with E-state index < -0.39 is 0 Å². The smallest absolute Gasteiger partial charge is 0.255 e. The van der Waals surface area contributed by atoms with Gasteiger partial charge in [-0.25, -0.2) is 9.97 Å². The molecule has 0 aliphatic carbocycles. The molecular formula is C38H38CoN6+3. The number of nitrogens with zero attached hydrogens (tertiary/aromatic N) is 6. The van der Waals surface area contributed by atoms with Crippen LogP contribution in [0.1, 0.15) is 52.7 Å². The molecule has 0 atom stereocenters. The van der Waals surface area contributed by atoms with Crippen LogP contribution in [0.15, 0.2) is 122 Å². The zero-order valence-corrected chi connectivity index (χ0v) is 27.6. The first kappa shape index (κ1) is 33.3. The zero-order chi connectivity index (χ0) is 31.2. The molecule has 0 bridgehead atoms. The van der Waals surface area contributed by atoms with Crippen LogP contribution in [0.4, 0.5) is 0 Å². The van der Waals surface area contributed by atoms with Gasteiger partial charge in [0.2, 0.25) is 0 Å². The van der Waals surface area contributed by atoms with E-state index >= 15 is 0 Å². The third kappa shape index (κ3) is 8.74. The molecule has 6 heterocycles. The van der Waals surface area contributed by atoms with Crippen molar-refractivity contribution in [2.75, 3.05) is 0 Å². The van der Waals surface area contributed by atoms with Crippen molar-refractivity contribution in [2.24, 2.45) is 0 Å². The Hall–Kier alpha value is -4.59. The minimum Gasteiger partial charge on any atom is -0.255 e. The second kappa shape index (κ2) is 14.5. The summed E-state index contributed by atoms with van der Waals surface area (Å²) in [7, 11) is 0. The van der Waals surface area contributed by atoms with Crippen LogP contribution in [0.5, 0.6) is 0 Å². The summed E-state index contributed by atoms with van der Waals surface area (Å²) in [4.78, 5) is 27.2. The third-order valence-corrected chi connectivity index (χ3v) is 7.09. The topological polar surface area (TPSA) is 77.3 Å². The molecule has 0 radical (unpaired) electrons. The molecule has 0 N–H and O–H groups in total. The molecule has 0 aliphatic rings. The molecule has 0 unspecified atom stereocenters. The molecule has 0 aliphatic heterocycles. The van der Waals surface area contributed by atoms with Crippen molar-refractivity contribution in [2.45, 2.75) is 52.4 Å². The Morgan fingerprint density at radius 2 is 0.600 bits per heavy atom. The van der Waals surface area contributed by atoms with E-state index in [1.54, 1.807) is 24.8 Å². The van der Waals surface area contributed by atoms with Gasteiger partial charge in [-0.05, 0) is 94.8 Å². The van der Waals surface area contributed by atoms with Crippen LogP contribution < -0.4 is 0 Å². The first-order valence-corrected chi connectivity index (χ1v) is 14.8. The number of pyridine rings is 6. The summed E-state index contributed by atoms with van der Waals surface area (Å²) in [5, 5.41) is 0. The minimum atomic E-state index is 0. The fraction of sp³-hybridized carbons (Fsp3) is 0.211. The Morgan fingerprint density at radius 1 is 0.356 bits per heavy atom. The predicted molar refractivity (Wildman–Crippen MR) is 179 cm³/mol. The minimum absolute atomic E-state index is 0. The fourth-order valence-electron chi connectivity index (χ4n) is 4.51. The van der Waals surface area contributed by atoms with Crippen molar-refractivity contribution in [3.8, 4) is 45.6 Å². The maximum Gasteiger partial charge on any atom is 3.00 e. The van der Waals surface area contributed by atoms with Crippen LogP contribution in [0.2, 0.25) is 0 Å². The molecule has 226 valence electrons. The quantitative estimate of drug-likeness (QED) is 0.192. The molecule has 0 aromatic carbocycles. The maximum atomic E-state index is 4.76. The van der Waals surface area contributed by atoms with Gasteiger partial charge in [0.15, 0.2) is 0 Å². The SMILES string of the molecule is CC(C)(C)c1cc(-c2ccccn2)nc(-c2ccccn2)c1.CC(C)(C)c1cc(-c2ccccn2)nc(-c2ccccn2)c1.[Co+3]. The van der Waals surface area contributed by atoms with Crippen molar-refractivity contribution < 1.29 is 16.8 Å². The van der Waals surface area contributed by atoms with Gasteiger partial charge >= 0.3 is 16.8 Å². The Morgan fingerprint density at radius 3 is 0.778 bits per heavy atom. The Labute approximate surface area is 276 Å². The van der Waals surface area contributed by atoms with Crippen molar-refractivity contribution in [3.63, 3.8) is 0 Å². The van der Waals surface area contributed by atoms with Gasteiger partial charge in [-0.3, -0.25) is 19.9 Å². The Bertz CT molecular complexity index is 1550. The van der Waals surface area contributed by atoms with E-state index in [-0.39, 0.29) is 27.6 Å². The summed E-state index contributed by atoms with van der Waals surface area (Å²) in [6.45, 7) is 13.2. The molecule has 0 amide bonds. The van der Waals surface area contributed by atoms with Crippen molar-refractivity contribution >= 4 is 0 Å². The van der Waals surface area contributed by atoms with E-state index in [9.17, 15) is 0 Å². The van der Waals surface area contributed by atoms with Crippen LogP contribution >= 0.6 is 0 Å². The molecule has 6 aromatic rings. The van der Waals surface area contributed by atoms with E-state index in [0.29, 0.717) is 0 Å². The second-order valence-corrected chi connectivity index (χ2v) is 12.6. The van der Waals surface area contributed by atoms with E-state index in [2.05, 4.69) is 85.7 Å². The molecule has 6 aromatic heterocycles. The summed E-state index contributed by atoms with van der Waals surface area (Å²) in [5.74, 6) is 0. The summed E-state index contributed by atoms with van der Waals surface area (Å²) in [5.41, 5.74) is 9.58. The summed E-state index contributed by atoms with van der Waals surface area (Å²) in [6.07, 6.45) is 7.17. The zero-order valence-electron chi connectivity index (χ0n) is 26.6. The molecule has 0 saturated heterocycles. The second-order valence-electron chi connectivity index (χ2n) is 12.6. The normalized spacial score (nSPS) is 11.2. The van der Waals surface area contributed by atoms with Crippen LogP contribution in [0.25, 0.3) is 45.6 Å². The van der Waals surface area contributed by atoms with Crippen LogP contribution in [0, 0.1) is 0 Å². The molecule has 0 saturated carbocycles. The molecule has 7 heteroatoms. The predicted octanol–water partition coefficient (Wildman–Crippen LogP) is 9.00. The molecular weight excluding hydrogens is 599 g/mol. The van der Waals surface area contributed by atoms with Gasteiger partial charge in [0.05, 0.1) is 45.6 Å². The molecule has 0 spiro atoms. The Kier molecular flexibility index (Phi) is 10.7. The van der Waals surface area contributed by atoms with E-state index in [0.717, 1.165) is 45.6 Å². The van der Waals surface area contributed by atoms with Gasteiger partial charge in [0.1, 0.15) is 0 Å². The molecule has 0 fully saturated rings. The van der Waals surface area contributed by atoms with Crippen molar-refractivity contribution in [3.05, 3.63) is 133 Å². The first-order valence-electron chi connectivity index (χ1n) is 14.8. The van der Waals surface area contributed by atoms with Gasteiger partial charge in [-0.15, -0.1) is 0 Å². The van der Waals surface area contributed by atoms with Gasteiger partial charge < -0.3 is 0 Å². The summed E-state index contributed by atoms with van der Waals surface area (Å²) >= 11 is 0. The van der Waals surface area contributed by atoms with Gasteiger partial charge in [-0.2, -0.15) is 0 Å². The first-order chi connectivity index (χ1) is 21.1. The molecule has 45 heavy (non-hydrogen) atoms. The van der Waals surface area contributed by atoms with E-state index in [1.807, 2.05) is 72.8 Å². The standard InChI is InChI=1S/2C19H19N3.Co/c2*1-19(2,3)14-12-17(15-8-4-6-10-20-15)22-18(13-14)16-9-5-7-11-21-16;/h2*4-13H,1-3H3;/q;;+3. The van der Waals surface area contributed by atoms with Gasteiger partial charge in [-0.1, -0.05) is 65.8 Å². The number of hydrogen-bond donors (Lipinski definition) is 0. The van der Waals surface area contributed by atoms with Crippen LogP contribution in [-0.4, -0.2) is 29.9 Å². The third-order valence-electron chi connectivity index (χ3n) is 7.09. The van der Waals surface area contributed by atoms with E-state index in [1.165, 1.54) is 11.1 Å². The van der Waals surface area contributed by atoms with Crippen LogP contribution in [0.3, 0.4) is 0 Å². The van der Waals surface area contributed by atoms with Crippen molar-refractivity contribution in [1.82, 2.24) is 29.9 Å². The molecule has 6 rings (SSSR count). The van der Waals surface area contributed by atoms with E-state index in [4.69, 9.17) is 9.97 Å².